The Labute approximate surface area is 236 Å². The predicted molar refractivity (Wildman–Crippen MR) is 144 cm³/mol. The Kier molecular flexibility index (Phi) is 7.14. The number of carbonyl (C=O) groups excluding carboxylic acids is 1. The van der Waals surface area contributed by atoms with Crippen molar-refractivity contribution in [1.29, 1.82) is 0 Å². The van der Waals surface area contributed by atoms with Crippen molar-refractivity contribution in [3.05, 3.63) is 88.1 Å². The van der Waals surface area contributed by atoms with Gasteiger partial charge in [-0.25, -0.2) is 4.98 Å². The molecule has 1 atom stereocenters. The van der Waals surface area contributed by atoms with Gasteiger partial charge in [-0.15, -0.1) is 23.4 Å². The largest absolute Gasteiger partial charge is 0.573 e. The summed E-state index contributed by atoms with van der Waals surface area (Å²) in [5.74, 6) is -0.472. The highest BCUT2D eigenvalue weighted by atomic mass is 32.1. The fraction of sp³-hybridized carbons (Fsp3) is 0.250. The smallest absolute Gasteiger partial charge is 0.436 e. The number of oxazole rings is 1. The minimum atomic E-state index is -4.81. The molecule has 4 heterocycles. The lowest BCUT2D eigenvalue weighted by Crippen LogP contribution is -2.50. The zero-order valence-electron chi connectivity index (χ0n) is 21.7. The van der Waals surface area contributed by atoms with Gasteiger partial charge >= 0.3 is 6.36 Å². The van der Waals surface area contributed by atoms with Crippen LogP contribution in [0.1, 0.15) is 32.1 Å². The number of hydrogen-bond donors (Lipinski definition) is 0. The van der Waals surface area contributed by atoms with E-state index in [0.29, 0.717) is 31.7 Å². The number of aryl methyl sites for hydroxylation is 1. The SMILES string of the molecule is Cc1nnc(C(c2ccccc2)N2CCN(C(=O)c3cc(-c4nc5cc(OC(F)(F)F)ccc5o4)ccn3)CC2)s1. The standard InChI is InChI=1S/C28H23F3N6O3S/c1-17-34-35-26(41-17)24(18-5-3-2-4-6-18)36-11-13-37(14-12-36)27(38)22-15-19(9-10-32-22)25-33-21-16-20(40-28(29,30)31)7-8-23(21)39-25/h2-10,15-16,24H,11-14H2,1H3. The van der Waals surface area contributed by atoms with Crippen LogP contribution in [0, 0.1) is 6.92 Å². The Morgan fingerprint density at radius 3 is 2.51 bits per heavy atom. The Morgan fingerprint density at radius 2 is 1.80 bits per heavy atom. The fourth-order valence-electron chi connectivity index (χ4n) is 4.82. The van der Waals surface area contributed by atoms with E-state index in [4.69, 9.17) is 4.42 Å². The molecule has 1 saturated heterocycles. The monoisotopic (exact) mass is 580 g/mol. The zero-order valence-corrected chi connectivity index (χ0v) is 22.5. The lowest BCUT2D eigenvalue weighted by Gasteiger charge is -2.38. The molecule has 210 valence electrons. The molecule has 6 rings (SSSR count). The fourth-order valence-corrected chi connectivity index (χ4v) is 5.68. The van der Waals surface area contributed by atoms with E-state index in [1.807, 2.05) is 25.1 Å². The van der Waals surface area contributed by atoms with E-state index in [1.54, 1.807) is 28.4 Å². The Morgan fingerprint density at radius 1 is 1.02 bits per heavy atom. The number of amides is 1. The molecule has 0 aliphatic carbocycles. The van der Waals surface area contributed by atoms with Crippen molar-refractivity contribution < 1.29 is 27.1 Å². The lowest BCUT2D eigenvalue weighted by atomic mass is 10.0. The van der Waals surface area contributed by atoms with E-state index in [1.165, 1.54) is 12.3 Å². The number of ether oxygens (including phenoxy) is 1. The number of fused-ring (bicyclic) bond motifs is 1. The van der Waals surface area contributed by atoms with Gasteiger partial charge in [0.25, 0.3) is 5.91 Å². The van der Waals surface area contributed by atoms with E-state index < -0.39 is 12.1 Å². The molecular formula is C28H23F3N6O3S. The van der Waals surface area contributed by atoms with Gasteiger partial charge in [0, 0.05) is 44.0 Å². The maximum absolute atomic E-state index is 13.4. The second kappa shape index (κ2) is 10.9. The molecule has 3 aromatic heterocycles. The normalized spacial score (nSPS) is 15.3. The predicted octanol–water partition coefficient (Wildman–Crippen LogP) is 5.50. The highest BCUT2D eigenvalue weighted by Crippen LogP contribution is 2.32. The quantitative estimate of drug-likeness (QED) is 0.260. The van der Waals surface area contributed by atoms with Crippen LogP contribution in [0.3, 0.4) is 0 Å². The van der Waals surface area contributed by atoms with Crippen molar-refractivity contribution >= 4 is 28.3 Å². The number of halogens is 3. The molecule has 13 heteroatoms. The van der Waals surface area contributed by atoms with Gasteiger partial charge in [0.2, 0.25) is 5.89 Å². The van der Waals surface area contributed by atoms with Crippen LogP contribution in [-0.4, -0.2) is 68.4 Å². The molecule has 0 spiro atoms. The van der Waals surface area contributed by atoms with E-state index in [2.05, 4.69) is 41.9 Å². The van der Waals surface area contributed by atoms with Gasteiger partial charge < -0.3 is 14.1 Å². The van der Waals surface area contributed by atoms with E-state index in [-0.39, 0.29) is 34.6 Å². The van der Waals surface area contributed by atoms with E-state index >= 15 is 0 Å². The van der Waals surface area contributed by atoms with Crippen molar-refractivity contribution in [3.8, 4) is 17.2 Å². The zero-order chi connectivity index (χ0) is 28.6. The number of alkyl halides is 3. The van der Waals surface area contributed by atoms with Gasteiger partial charge in [-0.2, -0.15) is 0 Å². The summed E-state index contributed by atoms with van der Waals surface area (Å²) in [5.41, 5.74) is 2.30. The van der Waals surface area contributed by atoms with E-state index in [0.717, 1.165) is 27.7 Å². The molecule has 0 radical (unpaired) electrons. The van der Waals surface area contributed by atoms with Crippen molar-refractivity contribution in [2.24, 2.45) is 0 Å². The van der Waals surface area contributed by atoms with Crippen LogP contribution < -0.4 is 4.74 Å². The summed E-state index contributed by atoms with van der Waals surface area (Å²) in [6.07, 6.45) is -3.33. The number of rotatable bonds is 6. The van der Waals surface area contributed by atoms with E-state index in [9.17, 15) is 18.0 Å². The number of nitrogens with zero attached hydrogens (tertiary/aromatic N) is 6. The third-order valence-electron chi connectivity index (χ3n) is 6.68. The first kappa shape index (κ1) is 26.8. The summed E-state index contributed by atoms with van der Waals surface area (Å²) in [7, 11) is 0. The molecule has 1 aliphatic heterocycles. The molecule has 0 bridgehead atoms. The maximum atomic E-state index is 13.4. The van der Waals surface area contributed by atoms with Crippen molar-refractivity contribution in [3.63, 3.8) is 0 Å². The van der Waals surface area contributed by atoms with Crippen LogP contribution in [0.4, 0.5) is 13.2 Å². The molecule has 1 amide bonds. The summed E-state index contributed by atoms with van der Waals surface area (Å²) in [6, 6.07) is 16.9. The summed E-state index contributed by atoms with van der Waals surface area (Å²) in [4.78, 5) is 26.0. The Bertz CT molecular complexity index is 1680. The van der Waals surface area contributed by atoms with Crippen LogP contribution >= 0.6 is 11.3 Å². The molecule has 1 fully saturated rings. The number of pyridine rings is 1. The van der Waals surface area contributed by atoms with Crippen LogP contribution in [0.2, 0.25) is 0 Å². The van der Waals surface area contributed by atoms with Gasteiger partial charge in [0.15, 0.2) is 5.58 Å². The van der Waals surface area contributed by atoms with Crippen LogP contribution in [0.25, 0.3) is 22.6 Å². The number of benzene rings is 2. The van der Waals surface area contributed by atoms with Crippen molar-refractivity contribution in [1.82, 2.24) is 30.0 Å². The van der Waals surface area contributed by atoms with Gasteiger partial charge in [-0.3, -0.25) is 14.7 Å². The lowest BCUT2D eigenvalue weighted by molar-refractivity contribution is -0.274. The van der Waals surface area contributed by atoms with Crippen LogP contribution in [0.15, 0.2) is 71.3 Å². The molecule has 2 aromatic carbocycles. The van der Waals surface area contributed by atoms with Gasteiger partial charge in [0.05, 0.1) is 6.04 Å². The van der Waals surface area contributed by atoms with Gasteiger partial charge in [-0.05, 0) is 36.8 Å². The molecule has 1 aliphatic rings. The van der Waals surface area contributed by atoms with Crippen LogP contribution in [-0.2, 0) is 0 Å². The topological polar surface area (TPSA) is 97.5 Å². The van der Waals surface area contributed by atoms with Crippen molar-refractivity contribution in [2.75, 3.05) is 26.2 Å². The third kappa shape index (κ3) is 5.91. The Balaban J connectivity index is 1.17. The third-order valence-corrected chi connectivity index (χ3v) is 7.57. The molecule has 41 heavy (non-hydrogen) atoms. The van der Waals surface area contributed by atoms with Gasteiger partial charge in [-0.1, -0.05) is 41.7 Å². The summed E-state index contributed by atoms with van der Waals surface area (Å²) in [6.45, 7) is 4.20. The number of carbonyl (C=O) groups is 1. The maximum Gasteiger partial charge on any atom is 0.573 e. The highest BCUT2D eigenvalue weighted by molar-refractivity contribution is 7.11. The summed E-state index contributed by atoms with van der Waals surface area (Å²) >= 11 is 1.57. The molecule has 0 saturated carbocycles. The number of piperazine rings is 1. The molecule has 1 unspecified atom stereocenters. The first-order valence-electron chi connectivity index (χ1n) is 12.7. The summed E-state index contributed by atoms with van der Waals surface area (Å²) in [5, 5.41) is 10.4. The van der Waals surface area contributed by atoms with Crippen molar-refractivity contribution in [2.45, 2.75) is 19.3 Å². The second-order valence-electron chi connectivity index (χ2n) is 9.43. The molecule has 0 N–H and O–H groups in total. The Hall–Kier alpha value is -4.36. The minimum Gasteiger partial charge on any atom is -0.436 e. The van der Waals surface area contributed by atoms with Gasteiger partial charge in [0.1, 0.15) is 27.0 Å². The second-order valence-corrected chi connectivity index (χ2v) is 10.6. The number of aromatic nitrogens is 4. The highest BCUT2D eigenvalue weighted by Gasteiger charge is 2.32. The average molecular weight is 581 g/mol. The molecule has 9 nitrogen and oxygen atoms in total. The minimum absolute atomic E-state index is 0.0534. The number of hydrogen-bond acceptors (Lipinski definition) is 9. The van der Waals surface area contributed by atoms with Crippen LogP contribution in [0.5, 0.6) is 5.75 Å². The molecule has 5 aromatic rings. The molecular weight excluding hydrogens is 557 g/mol. The summed E-state index contributed by atoms with van der Waals surface area (Å²) < 4.78 is 47.5. The average Bonchev–Trinajstić information content (AvgIpc) is 3.59. The first-order valence-corrected chi connectivity index (χ1v) is 13.6. The first-order chi connectivity index (χ1) is 19.7.